The molecule has 50 valence electrons. The van der Waals surface area contributed by atoms with Crippen molar-refractivity contribution in [1.82, 2.24) is 0 Å². The van der Waals surface area contributed by atoms with Crippen LogP contribution in [-0.4, -0.2) is 0 Å². The molecule has 0 spiro atoms. The Bertz CT molecular complexity index is 171. The molecule has 0 saturated carbocycles. The van der Waals surface area contributed by atoms with Gasteiger partial charge in [0, 0.05) is 6.42 Å². The van der Waals surface area contributed by atoms with E-state index in [0.717, 1.165) is 17.9 Å². The topological polar surface area (TPSA) is 12.5 Å². The Morgan fingerprint density at radius 3 is 2.44 bits per heavy atom. The van der Waals surface area contributed by atoms with E-state index in [1.807, 2.05) is 6.92 Å². The van der Waals surface area contributed by atoms with E-state index >= 15 is 0 Å². The largest absolute Gasteiger partial charge is 0.459 e. The first-order valence-corrected chi connectivity index (χ1v) is 3.21. The van der Waals surface area contributed by atoms with Gasteiger partial charge in [0.15, 0.2) is 0 Å². The lowest BCUT2D eigenvalue weighted by Gasteiger charge is -1.83. The number of hydrogen-bond donors (Lipinski definition) is 0. The third-order valence-electron chi connectivity index (χ3n) is 1.32. The van der Waals surface area contributed by atoms with Crippen LogP contribution in [0.3, 0.4) is 0 Å². The van der Waals surface area contributed by atoms with E-state index in [1.165, 1.54) is 5.57 Å². The van der Waals surface area contributed by atoms with Gasteiger partial charge in [-0.05, 0) is 20.8 Å². The van der Waals surface area contributed by atoms with Crippen molar-refractivity contribution in [2.45, 2.75) is 27.2 Å². The molecule has 1 rings (SSSR count). The number of rotatable bonds is 2. The third-order valence-corrected chi connectivity index (χ3v) is 1.32. The van der Waals surface area contributed by atoms with Crippen LogP contribution in [0.25, 0.3) is 0 Å². The molecule has 0 N–H and O–H groups in total. The summed E-state index contributed by atoms with van der Waals surface area (Å²) in [6.07, 6.45) is 3.15. The zero-order valence-corrected chi connectivity index (χ0v) is 6.19. The lowest BCUT2D eigenvalue weighted by atomic mass is 10.2. The second-order valence-electron chi connectivity index (χ2n) is 2.57. The van der Waals surface area contributed by atoms with Crippen molar-refractivity contribution in [3.05, 3.63) is 23.2 Å². The monoisotopic (exact) mass is 124 g/mol. The SMILES string of the molecule is CC(C)=CCC1=C(C)O1. The van der Waals surface area contributed by atoms with Crippen LogP contribution in [0.5, 0.6) is 0 Å². The minimum Gasteiger partial charge on any atom is -0.459 e. The van der Waals surface area contributed by atoms with Gasteiger partial charge in [-0.15, -0.1) is 0 Å². The first kappa shape index (κ1) is 6.40. The molecule has 0 amide bonds. The Morgan fingerprint density at radius 2 is 2.11 bits per heavy atom. The molecule has 0 radical (unpaired) electrons. The van der Waals surface area contributed by atoms with E-state index in [2.05, 4.69) is 19.9 Å². The van der Waals surface area contributed by atoms with E-state index in [1.54, 1.807) is 0 Å². The van der Waals surface area contributed by atoms with E-state index in [4.69, 9.17) is 4.74 Å². The second-order valence-corrected chi connectivity index (χ2v) is 2.57. The fourth-order valence-electron chi connectivity index (χ4n) is 0.642. The highest BCUT2D eigenvalue weighted by Crippen LogP contribution is 2.28. The highest BCUT2D eigenvalue weighted by Gasteiger charge is 2.16. The van der Waals surface area contributed by atoms with Crippen molar-refractivity contribution in [1.29, 1.82) is 0 Å². The van der Waals surface area contributed by atoms with Gasteiger partial charge in [0.2, 0.25) is 0 Å². The van der Waals surface area contributed by atoms with Crippen molar-refractivity contribution >= 4 is 0 Å². The minimum absolute atomic E-state index is 0.980. The van der Waals surface area contributed by atoms with Crippen LogP contribution in [-0.2, 0) is 4.74 Å². The van der Waals surface area contributed by atoms with Gasteiger partial charge >= 0.3 is 0 Å². The summed E-state index contributed by atoms with van der Waals surface area (Å²) in [6, 6.07) is 0. The normalized spacial score (nSPS) is 15.0. The molecule has 1 heterocycles. The first-order chi connectivity index (χ1) is 4.20. The summed E-state index contributed by atoms with van der Waals surface area (Å²) in [6.45, 7) is 6.19. The van der Waals surface area contributed by atoms with Gasteiger partial charge in [-0.1, -0.05) is 11.6 Å². The molecule has 1 aliphatic rings. The summed E-state index contributed by atoms with van der Waals surface area (Å²) >= 11 is 0. The van der Waals surface area contributed by atoms with E-state index < -0.39 is 0 Å². The number of allylic oxidation sites excluding steroid dienone is 3. The molecule has 0 unspecified atom stereocenters. The summed E-state index contributed by atoms with van der Waals surface area (Å²) < 4.78 is 5.06. The van der Waals surface area contributed by atoms with E-state index in [0.29, 0.717) is 0 Å². The number of ether oxygens (including phenoxy) is 1. The molecular weight excluding hydrogens is 112 g/mol. The molecule has 0 saturated heterocycles. The molecule has 0 bridgehead atoms. The Morgan fingerprint density at radius 1 is 1.56 bits per heavy atom. The smallest absolute Gasteiger partial charge is 0.145 e. The maximum atomic E-state index is 5.06. The highest BCUT2D eigenvalue weighted by molar-refractivity contribution is 5.18. The fraction of sp³-hybridized carbons (Fsp3) is 0.500. The maximum Gasteiger partial charge on any atom is 0.145 e. The van der Waals surface area contributed by atoms with Gasteiger partial charge in [0.1, 0.15) is 11.5 Å². The summed E-state index contributed by atoms with van der Waals surface area (Å²) in [4.78, 5) is 0. The standard InChI is InChI=1S/C8H12O/c1-6(2)4-5-8-7(3)9-8/h4H,5H2,1-3H3. The molecule has 1 aliphatic heterocycles. The van der Waals surface area contributed by atoms with Crippen LogP contribution in [0, 0.1) is 0 Å². The molecule has 0 fully saturated rings. The molecule has 0 atom stereocenters. The van der Waals surface area contributed by atoms with Gasteiger partial charge < -0.3 is 4.74 Å². The molecule has 0 aliphatic carbocycles. The average molecular weight is 124 g/mol. The van der Waals surface area contributed by atoms with Crippen LogP contribution in [0.4, 0.5) is 0 Å². The number of hydrogen-bond acceptors (Lipinski definition) is 1. The zero-order chi connectivity index (χ0) is 6.85. The molecular formula is C8H12O. The van der Waals surface area contributed by atoms with E-state index in [-0.39, 0.29) is 0 Å². The van der Waals surface area contributed by atoms with Crippen molar-refractivity contribution in [2.24, 2.45) is 0 Å². The van der Waals surface area contributed by atoms with Gasteiger partial charge in [0.25, 0.3) is 0 Å². The van der Waals surface area contributed by atoms with Gasteiger partial charge in [-0.25, -0.2) is 0 Å². The molecule has 9 heavy (non-hydrogen) atoms. The third kappa shape index (κ3) is 1.92. The van der Waals surface area contributed by atoms with E-state index in [9.17, 15) is 0 Å². The maximum absolute atomic E-state index is 5.06. The molecule has 1 heteroatoms. The highest BCUT2D eigenvalue weighted by atomic mass is 16.6. The quantitative estimate of drug-likeness (QED) is 0.515. The first-order valence-electron chi connectivity index (χ1n) is 3.21. The Kier molecular flexibility index (Phi) is 1.60. The van der Waals surface area contributed by atoms with Crippen molar-refractivity contribution in [2.75, 3.05) is 0 Å². The van der Waals surface area contributed by atoms with Crippen LogP contribution in [0.1, 0.15) is 27.2 Å². The minimum atomic E-state index is 0.980. The van der Waals surface area contributed by atoms with Gasteiger partial charge in [-0.3, -0.25) is 0 Å². The summed E-state index contributed by atoms with van der Waals surface area (Å²) in [5, 5.41) is 0. The molecule has 0 aromatic rings. The van der Waals surface area contributed by atoms with Crippen molar-refractivity contribution < 1.29 is 4.74 Å². The second kappa shape index (κ2) is 2.26. The Hall–Kier alpha value is -0.720. The Balaban J connectivity index is 2.29. The van der Waals surface area contributed by atoms with Gasteiger partial charge in [0.05, 0.1) is 0 Å². The predicted octanol–water partition coefficient (Wildman–Crippen LogP) is 2.60. The van der Waals surface area contributed by atoms with Gasteiger partial charge in [-0.2, -0.15) is 0 Å². The molecule has 0 aromatic carbocycles. The predicted molar refractivity (Wildman–Crippen MR) is 37.8 cm³/mol. The van der Waals surface area contributed by atoms with Crippen LogP contribution in [0.15, 0.2) is 23.2 Å². The lowest BCUT2D eigenvalue weighted by Crippen LogP contribution is -1.65. The van der Waals surface area contributed by atoms with Crippen LogP contribution in [0.2, 0.25) is 0 Å². The molecule has 0 aromatic heterocycles. The van der Waals surface area contributed by atoms with Crippen molar-refractivity contribution in [3.63, 3.8) is 0 Å². The zero-order valence-electron chi connectivity index (χ0n) is 6.19. The van der Waals surface area contributed by atoms with Crippen LogP contribution < -0.4 is 0 Å². The lowest BCUT2D eigenvalue weighted by molar-refractivity contribution is 0.463. The van der Waals surface area contributed by atoms with Crippen LogP contribution >= 0.6 is 0 Å². The summed E-state index contributed by atoms with van der Waals surface area (Å²) in [5.74, 6) is 2.25. The Labute approximate surface area is 56.0 Å². The summed E-state index contributed by atoms with van der Waals surface area (Å²) in [7, 11) is 0. The van der Waals surface area contributed by atoms with Crippen molar-refractivity contribution in [3.8, 4) is 0 Å². The fourth-order valence-corrected chi connectivity index (χ4v) is 0.642. The average Bonchev–Trinajstić information content (AvgIpc) is 2.42. The molecule has 1 nitrogen and oxygen atoms in total. The summed E-state index contributed by atoms with van der Waals surface area (Å²) in [5.41, 5.74) is 1.35.